The van der Waals surface area contributed by atoms with Crippen LogP contribution in [0.5, 0.6) is 0 Å². The minimum atomic E-state index is -4.35. The van der Waals surface area contributed by atoms with Crippen LogP contribution in [-0.2, 0) is 25.7 Å². The van der Waals surface area contributed by atoms with Crippen LogP contribution in [-0.4, -0.2) is 33.3 Å². The molecule has 1 fully saturated rings. The van der Waals surface area contributed by atoms with Crippen molar-refractivity contribution in [1.29, 1.82) is 0 Å². The Hall–Kier alpha value is -1.85. The van der Waals surface area contributed by atoms with Crippen molar-refractivity contribution in [2.75, 3.05) is 6.54 Å². The molecular weight excluding hydrogens is 520 g/mol. The summed E-state index contributed by atoms with van der Waals surface area (Å²) in [6, 6.07) is 5.67. The summed E-state index contributed by atoms with van der Waals surface area (Å²) in [6.45, 7) is 3.51. The van der Waals surface area contributed by atoms with Gasteiger partial charge in [0.2, 0.25) is 0 Å². The van der Waals surface area contributed by atoms with Gasteiger partial charge in [0.05, 0.1) is 12.1 Å². The van der Waals surface area contributed by atoms with Crippen LogP contribution in [0.4, 0.5) is 13.2 Å². The van der Waals surface area contributed by atoms with Gasteiger partial charge >= 0.3 is 6.18 Å². The van der Waals surface area contributed by atoms with E-state index >= 15 is 0 Å². The molecule has 0 atom stereocenters. The first-order valence-corrected chi connectivity index (χ1v) is 10.5. The van der Waals surface area contributed by atoms with E-state index in [1.807, 2.05) is 11.5 Å². The standard InChI is InChI=1S/C21H29F3N6.HI/c1-2-19-29-27-15-30(19)12-11-25-20(28-18-9-4-3-5-10-18)26-14-16-7-6-8-17(13-16)21(22,23)24;/h6-8,13,15,18H,2-5,9-12,14H2,1H3,(H2,25,26,28);1H. The molecule has 1 aromatic carbocycles. The molecule has 1 aliphatic carbocycles. The third kappa shape index (κ3) is 7.97. The minimum Gasteiger partial charge on any atom is -0.355 e. The smallest absolute Gasteiger partial charge is 0.355 e. The average Bonchev–Trinajstić information content (AvgIpc) is 3.20. The van der Waals surface area contributed by atoms with Gasteiger partial charge in [0.15, 0.2) is 5.96 Å². The lowest BCUT2D eigenvalue weighted by Crippen LogP contribution is -2.45. The summed E-state index contributed by atoms with van der Waals surface area (Å²) in [6.07, 6.45) is 3.92. The maximum atomic E-state index is 13.0. The number of hydrogen-bond donors (Lipinski definition) is 2. The van der Waals surface area contributed by atoms with Gasteiger partial charge in [0, 0.05) is 25.6 Å². The summed E-state index contributed by atoms with van der Waals surface area (Å²) in [5.41, 5.74) is -0.119. The first kappa shape index (κ1) is 25.4. The van der Waals surface area contributed by atoms with Gasteiger partial charge < -0.3 is 15.2 Å². The molecule has 0 spiro atoms. The van der Waals surface area contributed by atoms with Crippen LogP contribution in [0.2, 0.25) is 0 Å². The number of alkyl halides is 3. The highest BCUT2D eigenvalue weighted by molar-refractivity contribution is 14.0. The molecule has 3 rings (SSSR count). The fourth-order valence-corrected chi connectivity index (χ4v) is 3.64. The van der Waals surface area contributed by atoms with Crippen molar-refractivity contribution in [3.63, 3.8) is 0 Å². The lowest BCUT2D eigenvalue weighted by Gasteiger charge is -2.25. The second-order valence-corrected chi connectivity index (χ2v) is 7.56. The van der Waals surface area contributed by atoms with E-state index in [9.17, 15) is 13.2 Å². The van der Waals surface area contributed by atoms with Crippen LogP contribution in [0.15, 0.2) is 35.6 Å². The Bertz CT molecular complexity index is 831. The van der Waals surface area contributed by atoms with E-state index in [1.54, 1.807) is 12.4 Å². The van der Waals surface area contributed by atoms with Gasteiger partial charge in [-0.15, -0.1) is 34.2 Å². The van der Waals surface area contributed by atoms with Crippen molar-refractivity contribution < 1.29 is 13.2 Å². The molecule has 1 heterocycles. The zero-order valence-corrected chi connectivity index (χ0v) is 20.0. The van der Waals surface area contributed by atoms with Gasteiger partial charge in [-0.3, -0.25) is 0 Å². The van der Waals surface area contributed by atoms with Crippen molar-refractivity contribution >= 4 is 29.9 Å². The summed E-state index contributed by atoms with van der Waals surface area (Å²) < 4.78 is 40.9. The Labute approximate surface area is 198 Å². The fourth-order valence-electron chi connectivity index (χ4n) is 3.64. The van der Waals surface area contributed by atoms with Gasteiger partial charge in [0.25, 0.3) is 0 Å². The molecule has 0 saturated heterocycles. The molecule has 1 saturated carbocycles. The van der Waals surface area contributed by atoms with Crippen molar-refractivity contribution in [1.82, 2.24) is 25.4 Å². The second kappa shape index (κ2) is 12.3. The first-order chi connectivity index (χ1) is 14.5. The largest absolute Gasteiger partial charge is 0.416 e. The highest BCUT2D eigenvalue weighted by Gasteiger charge is 2.30. The number of halogens is 4. The van der Waals surface area contributed by atoms with Crippen LogP contribution in [0.25, 0.3) is 0 Å². The van der Waals surface area contributed by atoms with E-state index in [-0.39, 0.29) is 30.5 Å². The third-order valence-electron chi connectivity index (χ3n) is 5.28. The zero-order valence-electron chi connectivity index (χ0n) is 17.7. The van der Waals surface area contributed by atoms with Crippen molar-refractivity contribution in [2.24, 2.45) is 4.99 Å². The number of hydrogen-bond acceptors (Lipinski definition) is 3. The summed E-state index contributed by atoms with van der Waals surface area (Å²) in [7, 11) is 0. The van der Waals surface area contributed by atoms with Crippen LogP contribution in [0.1, 0.15) is 56.0 Å². The van der Waals surface area contributed by atoms with E-state index < -0.39 is 11.7 Å². The zero-order chi connectivity index (χ0) is 21.4. The summed E-state index contributed by atoms with van der Waals surface area (Å²) in [4.78, 5) is 4.56. The van der Waals surface area contributed by atoms with Crippen molar-refractivity contribution in [3.05, 3.63) is 47.5 Å². The average molecular weight is 550 g/mol. The number of aromatic nitrogens is 3. The summed E-state index contributed by atoms with van der Waals surface area (Å²) in [5, 5.41) is 14.8. The van der Waals surface area contributed by atoms with Crippen LogP contribution in [0, 0.1) is 0 Å². The Kier molecular flexibility index (Phi) is 10.0. The molecule has 2 N–H and O–H groups in total. The van der Waals surface area contributed by atoms with E-state index in [4.69, 9.17) is 0 Å². The van der Waals surface area contributed by atoms with E-state index in [1.165, 1.54) is 25.3 Å². The Morgan fingerprint density at radius 3 is 2.71 bits per heavy atom. The number of aryl methyl sites for hydroxylation is 1. The number of guanidine groups is 1. The van der Waals surface area contributed by atoms with Crippen LogP contribution < -0.4 is 10.6 Å². The molecule has 1 aliphatic rings. The first-order valence-electron chi connectivity index (χ1n) is 10.5. The minimum absolute atomic E-state index is 0. The molecule has 0 radical (unpaired) electrons. The van der Waals surface area contributed by atoms with E-state index in [0.717, 1.165) is 37.2 Å². The Balaban J connectivity index is 0.00000341. The molecule has 0 amide bonds. The normalized spacial score (nSPS) is 15.4. The van der Waals surface area contributed by atoms with Gasteiger partial charge in [-0.1, -0.05) is 38.3 Å². The lowest BCUT2D eigenvalue weighted by molar-refractivity contribution is -0.137. The highest BCUT2D eigenvalue weighted by atomic mass is 127. The molecular formula is C21H30F3IN6. The molecule has 172 valence electrons. The predicted molar refractivity (Wildman–Crippen MR) is 125 cm³/mol. The Morgan fingerprint density at radius 1 is 1.23 bits per heavy atom. The number of nitrogens with zero attached hydrogens (tertiary/aromatic N) is 4. The SMILES string of the molecule is CCc1nncn1CCNC(=NCc1cccc(C(F)(F)F)c1)NC1CCCCC1.I. The van der Waals surface area contributed by atoms with Crippen LogP contribution >= 0.6 is 24.0 Å². The highest BCUT2D eigenvalue weighted by Crippen LogP contribution is 2.29. The topological polar surface area (TPSA) is 67.1 Å². The number of aliphatic imine (C=N–C) groups is 1. The summed E-state index contributed by atoms with van der Waals surface area (Å²) in [5.74, 6) is 1.55. The molecule has 0 unspecified atom stereocenters. The maximum Gasteiger partial charge on any atom is 0.416 e. The van der Waals surface area contributed by atoms with Crippen molar-refractivity contribution in [3.8, 4) is 0 Å². The molecule has 0 aliphatic heterocycles. The van der Waals surface area contributed by atoms with Gasteiger partial charge in [-0.25, -0.2) is 4.99 Å². The van der Waals surface area contributed by atoms with E-state index in [2.05, 4.69) is 25.8 Å². The Morgan fingerprint density at radius 2 is 2.00 bits per heavy atom. The predicted octanol–water partition coefficient (Wildman–Crippen LogP) is 4.55. The quantitative estimate of drug-likeness (QED) is 0.302. The maximum absolute atomic E-state index is 13.0. The molecule has 2 aromatic rings. The third-order valence-corrected chi connectivity index (χ3v) is 5.28. The van der Waals surface area contributed by atoms with Gasteiger partial charge in [-0.2, -0.15) is 13.2 Å². The number of benzene rings is 1. The molecule has 31 heavy (non-hydrogen) atoms. The lowest BCUT2D eigenvalue weighted by atomic mass is 9.96. The second-order valence-electron chi connectivity index (χ2n) is 7.56. The molecule has 1 aromatic heterocycles. The number of nitrogens with one attached hydrogen (secondary N) is 2. The molecule has 10 heteroatoms. The monoisotopic (exact) mass is 550 g/mol. The fraction of sp³-hybridized carbons (Fsp3) is 0.571. The van der Waals surface area contributed by atoms with Gasteiger partial charge in [-0.05, 0) is 30.5 Å². The summed E-state index contributed by atoms with van der Waals surface area (Å²) >= 11 is 0. The van der Waals surface area contributed by atoms with Gasteiger partial charge in [0.1, 0.15) is 12.2 Å². The number of rotatable bonds is 7. The molecule has 0 bridgehead atoms. The molecule has 6 nitrogen and oxygen atoms in total. The van der Waals surface area contributed by atoms with E-state index in [0.29, 0.717) is 30.7 Å². The van der Waals surface area contributed by atoms with Crippen molar-refractivity contribution in [2.45, 2.75) is 70.8 Å². The van der Waals surface area contributed by atoms with Crippen LogP contribution in [0.3, 0.4) is 0 Å².